The SMILES string of the molecule is CNC(Cc1ncc[nH]1)c1ccc([N+](=O)[O-])o1. The lowest BCUT2D eigenvalue weighted by atomic mass is 10.1. The first-order chi connectivity index (χ1) is 8.20. The number of likely N-dealkylation sites (N-methyl/N-ethyl adjacent to an activating group) is 1. The van der Waals surface area contributed by atoms with Gasteiger partial charge in [-0.3, -0.25) is 10.1 Å². The molecule has 0 aliphatic rings. The molecule has 0 aliphatic heterocycles. The molecule has 0 saturated heterocycles. The highest BCUT2D eigenvalue weighted by Gasteiger charge is 2.19. The summed E-state index contributed by atoms with van der Waals surface area (Å²) in [5.41, 5.74) is 0. The smallest absolute Gasteiger partial charge is 0.404 e. The Labute approximate surface area is 97.0 Å². The van der Waals surface area contributed by atoms with Crippen molar-refractivity contribution >= 4 is 5.88 Å². The van der Waals surface area contributed by atoms with Gasteiger partial charge in [0.05, 0.1) is 12.1 Å². The molecule has 0 spiro atoms. The van der Waals surface area contributed by atoms with Crippen molar-refractivity contribution in [1.82, 2.24) is 15.3 Å². The fourth-order valence-electron chi connectivity index (χ4n) is 1.58. The molecular weight excluding hydrogens is 224 g/mol. The Morgan fingerprint density at radius 1 is 1.65 bits per heavy atom. The van der Waals surface area contributed by atoms with Crippen molar-refractivity contribution in [3.63, 3.8) is 0 Å². The van der Waals surface area contributed by atoms with Gasteiger partial charge in [0.25, 0.3) is 0 Å². The van der Waals surface area contributed by atoms with Gasteiger partial charge in [-0.15, -0.1) is 0 Å². The summed E-state index contributed by atoms with van der Waals surface area (Å²) in [5, 5.41) is 13.5. The van der Waals surface area contributed by atoms with Gasteiger partial charge in [-0.1, -0.05) is 0 Å². The average Bonchev–Trinajstić information content (AvgIpc) is 2.96. The number of rotatable bonds is 5. The highest BCUT2D eigenvalue weighted by Crippen LogP contribution is 2.23. The predicted molar refractivity (Wildman–Crippen MR) is 59.5 cm³/mol. The Morgan fingerprint density at radius 3 is 3.00 bits per heavy atom. The molecule has 0 radical (unpaired) electrons. The van der Waals surface area contributed by atoms with Gasteiger partial charge in [-0.25, -0.2) is 4.98 Å². The molecule has 0 fully saturated rings. The van der Waals surface area contributed by atoms with Crippen LogP contribution in [-0.2, 0) is 6.42 Å². The molecule has 2 aromatic heterocycles. The highest BCUT2D eigenvalue weighted by molar-refractivity contribution is 5.20. The number of furan rings is 1. The Hall–Kier alpha value is -2.15. The number of imidazole rings is 1. The van der Waals surface area contributed by atoms with Crippen LogP contribution in [0.4, 0.5) is 5.88 Å². The second-order valence-electron chi connectivity index (χ2n) is 3.51. The molecule has 2 rings (SSSR count). The number of nitrogens with zero attached hydrogens (tertiary/aromatic N) is 2. The molecule has 2 N–H and O–H groups in total. The largest absolute Gasteiger partial charge is 0.433 e. The second kappa shape index (κ2) is 4.79. The van der Waals surface area contributed by atoms with E-state index >= 15 is 0 Å². The zero-order valence-corrected chi connectivity index (χ0v) is 9.21. The first-order valence-corrected chi connectivity index (χ1v) is 5.10. The number of aromatic nitrogens is 2. The Balaban J connectivity index is 2.14. The molecule has 0 aliphatic carbocycles. The minimum atomic E-state index is -0.552. The number of nitro groups is 1. The van der Waals surface area contributed by atoms with Gasteiger partial charge in [0.1, 0.15) is 16.5 Å². The lowest BCUT2D eigenvalue weighted by Gasteiger charge is -2.11. The van der Waals surface area contributed by atoms with Crippen LogP contribution in [0.1, 0.15) is 17.6 Å². The van der Waals surface area contributed by atoms with E-state index < -0.39 is 4.92 Å². The van der Waals surface area contributed by atoms with Gasteiger partial charge in [-0.05, 0) is 13.1 Å². The maximum absolute atomic E-state index is 10.5. The summed E-state index contributed by atoms with van der Waals surface area (Å²) in [5.74, 6) is 1.07. The van der Waals surface area contributed by atoms with Crippen LogP contribution in [0.15, 0.2) is 28.9 Å². The molecule has 1 atom stereocenters. The van der Waals surface area contributed by atoms with Crippen LogP contribution in [0.3, 0.4) is 0 Å². The molecule has 90 valence electrons. The van der Waals surface area contributed by atoms with E-state index in [4.69, 9.17) is 4.42 Å². The summed E-state index contributed by atoms with van der Waals surface area (Å²) in [6.45, 7) is 0. The minimum absolute atomic E-state index is 0.144. The van der Waals surface area contributed by atoms with Gasteiger partial charge in [0, 0.05) is 18.8 Å². The monoisotopic (exact) mass is 236 g/mol. The first kappa shape index (κ1) is 11.3. The summed E-state index contributed by atoms with van der Waals surface area (Å²) in [7, 11) is 1.77. The molecule has 7 nitrogen and oxygen atoms in total. The van der Waals surface area contributed by atoms with Crippen LogP contribution in [0, 0.1) is 10.1 Å². The normalized spacial score (nSPS) is 12.5. The van der Waals surface area contributed by atoms with Crippen molar-refractivity contribution in [3.8, 4) is 0 Å². The summed E-state index contributed by atoms with van der Waals surface area (Å²) >= 11 is 0. The third kappa shape index (κ3) is 2.51. The molecule has 0 aromatic carbocycles. The van der Waals surface area contributed by atoms with E-state index in [1.165, 1.54) is 6.07 Å². The van der Waals surface area contributed by atoms with E-state index in [-0.39, 0.29) is 11.9 Å². The van der Waals surface area contributed by atoms with Crippen molar-refractivity contribution in [1.29, 1.82) is 0 Å². The summed E-state index contributed by atoms with van der Waals surface area (Å²) in [6.07, 6.45) is 3.97. The summed E-state index contributed by atoms with van der Waals surface area (Å²) < 4.78 is 5.14. The van der Waals surface area contributed by atoms with Crippen LogP contribution in [-0.4, -0.2) is 21.9 Å². The van der Waals surface area contributed by atoms with Crippen LogP contribution in [0.25, 0.3) is 0 Å². The molecule has 2 aromatic rings. The van der Waals surface area contributed by atoms with Crippen LogP contribution in [0.5, 0.6) is 0 Å². The van der Waals surface area contributed by atoms with Gasteiger partial charge in [-0.2, -0.15) is 0 Å². The Kier molecular flexibility index (Phi) is 3.20. The van der Waals surface area contributed by atoms with Crippen LogP contribution < -0.4 is 5.32 Å². The maximum atomic E-state index is 10.5. The standard InChI is InChI=1S/C10H12N4O3/c1-11-7(6-9-12-4-5-13-9)8-2-3-10(17-8)14(15)16/h2-5,7,11H,6H2,1H3,(H,12,13). The molecule has 0 bridgehead atoms. The van der Waals surface area contributed by atoms with Gasteiger partial charge in [0.15, 0.2) is 0 Å². The Morgan fingerprint density at radius 2 is 2.47 bits per heavy atom. The maximum Gasteiger partial charge on any atom is 0.433 e. The van der Waals surface area contributed by atoms with E-state index in [9.17, 15) is 10.1 Å². The van der Waals surface area contributed by atoms with Crippen LogP contribution in [0.2, 0.25) is 0 Å². The van der Waals surface area contributed by atoms with E-state index in [0.717, 1.165) is 5.82 Å². The Bertz CT molecular complexity index is 491. The molecule has 1 unspecified atom stereocenters. The summed E-state index contributed by atoms with van der Waals surface area (Å²) in [6, 6.07) is 2.80. The van der Waals surface area contributed by atoms with E-state index in [1.807, 2.05) is 0 Å². The summed E-state index contributed by atoms with van der Waals surface area (Å²) in [4.78, 5) is 17.0. The fraction of sp³-hybridized carbons (Fsp3) is 0.300. The third-order valence-corrected chi connectivity index (χ3v) is 2.44. The number of H-pyrrole nitrogens is 1. The second-order valence-corrected chi connectivity index (χ2v) is 3.51. The van der Waals surface area contributed by atoms with Crippen molar-refractivity contribution in [3.05, 3.63) is 46.2 Å². The molecular formula is C10H12N4O3. The molecule has 0 amide bonds. The van der Waals surface area contributed by atoms with Crippen molar-refractivity contribution < 1.29 is 9.34 Å². The number of nitrogens with one attached hydrogen (secondary N) is 2. The fourth-order valence-corrected chi connectivity index (χ4v) is 1.58. The topological polar surface area (TPSA) is 97.0 Å². The third-order valence-electron chi connectivity index (χ3n) is 2.44. The number of hydrogen-bond donors (Lipinski definition) is 2. The zero-order chi connectivity index (χ0) is 12.3. The van der Waals surface area contributed by atoms with Crippen molar-refractivity contribution in [2.75, 3.05) is 7.05 Å². The quantitative estimate of drug-likeness (QED) is 0.604. The first-order valence-electron chi connectivity index (χ1n) is 5.10. The lowest BCUT2D eigenvalue weighted by molar-refractivity contribution is -0.402. The highest BCUT2D eigenvalue weighted by atomic mass is 16.6. The number of hydrogen-bond acceptors (Lipinski definition) is 5. The molecule has 2 heterocycles. The zero-order valence-electron chi connectivity index (χ0n) is 9.21. The molecule has 17 heavy (non-hydrogen) atoms. The van der Waals surface area contributed by atoms with Gasteiger partial charge >= 0.3 is 5.88 Å². The van der Waals surface area contributed by atoms with Crippen molar-refractivity contribution in [2.24, 2.45) is 0 Å². The number of aromatic amines is 1. The van der Waals surface area contributed by atoms with Gasteiger partial charge in [0.2, 0.25) is 0 Å². The van der Waals surface area contributed by atoms with E-state index in [1.54, 1.807) is 25.5 Å². The van der Waals surface area contributed by atoms with Gasteiger partial charge < -0.3 is 14.7 Å². The lowest BCUT2D eigenvalue weighted by Crippen LogP contribution is -2.18. The van der Waals surface area contributed by atoms with E-state index in [0.29, 0.717) is 12.2 Å². The van der Waals surface area contributed by atoms with Crippen LogP contribution >= 0.6 is 0 Å². The molecule has 7 heteroatoms. The van der Waals surface area contributed by atoms with Crippen molar-refractivity contribution in [2.45, 2.75) is 12.5 Å². The van der Waals surface area contributed by atoms with E-state index in [2.05, 4.69) is 15.3 Å². The average molecular weight is 236 g/mol. The predicted octanol–water partition coefficient (Wildman–Crippen LogP) is 1.41. The minimum Gasteiger partial charge on any atom is -0.404 e. The molecule has 0 saturated carbocycles.